The smallest absolute Gasteiger partial charge is 0.345 e. The predicted molar refractivity (Wildman–Crippen MR) is 134 cm³/mol. The molecule has 0 atom stereocenters. The predicted octanol–water partition coefficient (Wildman–Crippen LogP) is 6.48. The fourth-order valence-electron chi connectivity index (χ4n) is 3.42. The second kappa shape index (κ2) is 8.83. The van der Waals surface area contributed by atoms with Crippen LogP contribution < -0.4 is 11.1 Å². The third-order valence-corrected chi connectivity index (χ3v) is 5.67. The molecule has 1 N–H and O–H groups in total. The molecule has 0 fully saturated rings. The van der Waals surface area contributed by atoms with E-state index in [0.717, 1.165) is 22.0 Å². The van der Waals surface area contributed by atoms with Crippen LogP contribution in [-0.2, 0) is 0 Å². The Kier molecular flexibility index (Phi) is 5.97. The largest absolute Gasteiger partial charge is 0.422 e. The highest BCUT2D eigenvalue weighted by Crippen LogP contribution is 2.25. The average molecular weight is 492 g/mol. The number of benzene rings is 3. The van der Waals surface area contributed by atoms with Gasteiger partial charge in [0.05, 0.1) is 17.0 Å². The van der Waals surface area contributed by atoms with Crippen LogP contribution in [-0.4, -0.2) is 10.7 Å². The number of nitrogens with zero attached hydrogens (tertiary/aromatic N) is 2. The van der Waals surface area contributed by atoms with E-state index in [4.69, 9.17) is 4.42 Å². The molecule has 5 aromatic rings. The zero-order chi connectivity index (χ0) is 20.5. The van der Waals surface area contributed by atoms with Gasteiger partial charge in [-0.1, -0.05) is 60.7 Å². The molecule has 154 valence electrons. The van der Waals surface area contributed by atoms with Gasteiger partial charge < -0.3 is 4.42 Å². The molecule has 31 heavy (non-hydrogen) atoms. The lowest BCUT2D eigenvalue weighted by molar-refractivity contribution is 0.563. The summed E-state index contributed by atoms with van der Waals surface area (Å²) in [7, 11) is 0. The number of hydrogen-bond donors (Lipinski definition) is 1. The number of rotatable bonds is 4. The minimum atomic E-state index is -0.402. The Hall–Kier alpha value is -3.29. The molecule has 0 bridgehead atoms. The van der Waals surface area contributed by atoms with E-state index in [2.05, 4.69) is 39.8 Å². The van der Waals surface area contributed by atoms with E-state index >= 15 is 0 Å². The molecule has 0 aliphatic heterocycles. The van der Waals surface area contributed by atoms with Crippen LogP contribution in [0.15, 0.2) is 92.5 Å². The second-order valence-electron chi connectivity index (χ2n) is 6.86. The molecule has 3 aromatic carbocycles. The van der Waals surface area contributed by atoms with Crippen molar-refractivity contribution in [1.82, 2.24) is 4.98 Å². The first-order chi connectivity index (χ1) is 14.7. The van der Waals surface area contributed by atoms with E-state index in [1.807, 2.05) is 54.8 Å². The molecule has 5 rings (SSSR count). The maximum atomic E-state index is 12.4. The fourth-order valence-corrected chi connectivity index (χ4v) is 4.07. The lowest BCUT2D eigenvalue weighted by atomic mass is 10.0. The van der Waals surface area contributed by atoms with Crippen molar-refractivity contribution >= 4 is 60.9 Å². The van der Waals surface area contributed by atoms with Gasteiger partial charge >= 0.3 is 5.63 Å². The highest BCUT2D eigenvalue weighted by atomic mass is 79.9. The van der Waals surface area contributed by atoms with Crippen molar-refractivity contribution in [2.24, 2.45) is 5.10 Å². The summed E-state index contributed by atoms with van der Waals surface area (Å²) in [5, 5.41) is 10.1. The lowest BCUT2D eigenvalue weighted by Crippen LogP contribution is -2.03. The van der Waals surface area contributed by atoms with Crippen molar-refractivity contribution < 1.29 is 4.42 Å². The molecular weight excluding hydrogens is 474 g/mol. The highest BCUT2D eigenvalue weighted by Gasteiger charge is 2.11. The Balaban J connectivity index is 0.00000231. The quantitative estimate of drug-likeness (QED) is 0.177. The van der Waals surface area contributed by atoms with Gasteiger partial charge in [-0.3, -0.25) is 5.43 Å². The van der Waals surface area contributed by atoms with E-state index in [9.17, 15) is 4.79 Å². The van der Waals surface area contributed by atoms with Crippen molar-refractivity contribution in [2.75, 3.05) is 5.43 Å². The van der Waals surface area contributed by atoms with E-state index in [0.29, 0.717) is 22.0 Å². The van der Waals surface area contributed by atoms with Gasteiger partial charge in [0.25, 0.3) is 0 Å². The average Bonchev–Trinajstić information content (AvgIpc) is 3.25. The summed E-state index contributed by atoms with van der Waals surface area (Å²) in [6.07, 6.45) is 0. The first-order valence-electron chi connectivity index (χ1n) is 9.46. The fraction of sp³-hybridized carbons (Fsp3) is 0.0417. The molecule has 0 spiro atoms. The molecule has 2 aromatic heterocycles. The second-order valence-corrected chi connectivity index (χ2v) is 7.72. The maximum absolute atomic E-state index is 12.4. The summed E-state index contributed by atoms with van der Waals surface area (Å²) >= 11 is 1.39. The lowest BCUT2D eigenvalue weighted by Gasteiger charge is -2.06. The Labute approximate surface area is 192 Å². The van der Waals surface area contributed by atoms with Gasteiger partial charge in [-0.25, -0.2) is 9.78 Å². The molecule has 2 heterocycles. The minimum absolute atomic E-state index is 0. The molecule has 0 aliphatic carbocycles. The summed E-state index contributed by atoms with van der Waals surface area (Å²) in [5.41, 5.74) is 6.11. The summed E-state index contributed by atoms with van der Waals surface area (Å²) in [4.78, 5) is 16.9. The van der Waals surface area contributed by atoms with Gasteiger partial charge in [0.2, 0.25) is 5.13 Å². The van der Waals surface area contributed by atoms with Gasteiger partial charge in [-0.2, -0.15) is 5.10 Å². The number of anilines is 1. The van der Waals surface area contributed by atoms with Crippen LogP contribution in [0.25, 0.3) is 33.0 Å². The summed E-state index contributed by atoms with van der Waals surface area (Å²) in [6.45, 7) is 1.96. The number of fused-ring (bicyclic) bond motifs is 2. The van der Waals surface area contributed by atoms with Gasteiger partial charge in [0.15, 0.2) is 0 Å². The molecule has 0 aliphatic rings. The third-order valence-electron chi connectivity index (χ3n) is 4.92. The van der Waals surface area contributed by atoms with Crippen molar-refractivity contribution in [3.05, 3.63) is 94.2 Å². The van der Waals surface area contributed by atoms with E-state index in [1.54, 1.807) is 6.07 Å². The van der Waals surface area contributed by atoms with Crippen LogP contribution in [0.1, 0.15) is 12.5 Å². The van der Waals surface area contributed by atoms with Crippen molar-refractivity contribution in [3.63, 3.8) is 0 Å². The standard InChI is InChI=1S/C24H17N3O2S.BrH/c1-15(18-11-6-9-16-7-2-4-10-19(16)18)26-27-24-25-21(14-30-24)20-13-17-8-3-5-12-22(17)29-23(20)28;/h2-14H,1H3,(H,25,27);1H. The zero-order valence-corrected chi connectivity index (χ0v) is 19.1. The Morgan fingerprint density at radius 2 is 1.74 bits per heavy atom. The minimum Gasteiger partial charge on any atom is -0.422 e. The van der Waals surface area contributed by atoms with Crippen molar-refractivity contribution in [2.45, 2.75) is 6.92 Å². The van der Waals surface area contributed by atoms with Crippen LogP contribution in [0.4, 0.5) is 5.13 Å². The van der Waals surface area contributed by atoms with E-state index in [1.165, 1.54) is 16.7 Å². The van der Waals surface area contributed by atoms with Crippen LogP contribution in [0, 0.1) is 0 Å². The van der Waals surface area contributed by atoms with Crippen LogP contribution in [0.2, 0.25) is 0 Å². The van der Waals surface area contributed by atoms with Crippen molar-refractivity contribution in [1.29, 1.82) is 0 Å². The summed E-state index contributed by atoms with van der Waals surface area (Å²) < 4.78 is 5.41. The molecule has 0 unspecified atom stereocenters. The molecule has 0 amide bonds. The maximum Gasteiger partial charge on any atom is 0.345 e. The molecule has 7 heteroatoms. The number of halogens is 1. The number of para-hydroxylation sites is 1. The topological polar surface area (TPSA) is 67.5 Å². The Bertz CT molecular complexity index is 1470. The van der Waals surface area contributed by atoms with Gasteiger partial charge in [0.1, 0.15) is 5.58 Å². The number of nitrogens with one attached hydrogen (secondary N) is 1. The van der Waals surface area contributed by atoms with Crippen LogP contribution >= 0.6 is 28.3 Å². The molecule has 0 radical (unpaired) electrons. The third kappa shape index (κ3) is 4.15. The van der Waals surface area contributed by atoms with Gasteiger partial charge in [0, 0.05) is 16.3 Å². The first-order valence-corrected chi connectivity index (χ1v) is 10.3. The van der Waals surface area contributed by atoms with E-state index < -0.39 is 5.63 Å². The number of thiazole rings is 1. The zero-order valence-electron chi connectivity index (χ0n) is 16.5. The Morgan fingerprint density at radius 1 is 1.00 bits per heavy atom. The number of hydrazone groups is 1. The molecule has 0 saturated carbocycles. The van der Waals surface area contributed by atoms with Gasteiger partial charge in [-0.15, -0.1) is 28.3 Å². The summed E-state index contributed by atoms with van der Waals surface area (Å²) in [5.74, 6) is 0. The van der Waals surface area contributed by atoms with Crippen LogP contribution in [0.5, 0.6) is 0 Å². The number of hydrogen-bond acceptors (Lipinski definition) is 6. The van der Waals surface area contributed by atoms with E-state index in [-0.39, 0.29) is 17.0 Å². The summed E-state index contributed by atoms with van der Waals surface area (Å²) in [6, 6.07) is 23.6. The van der Waals surface area contributed by atoms with Crippen molar-refractivity contribution in [3.8, 4) is 11.3 Å². The highest BCUT2D eigenvalue weighted by molar-refractivity contribution is 8.93. The number of aromatic nitrogens is 1. The molecule has 0 saturated heterocycles. The SMILES string of the molecule is Br.CC(=NNc1nc(-c2cc3ccccc3oc2=O)cs1)c1cccc2ccccc12. The molecular formula is C24H18BrN3O2S. The monoisotopic (exact) mass is 491 g/mol. The Morgan fingerprint density at radius 3 is 2.61 bits per heavy atom. The van der Waals surface area contributed by atoms with Gasteiger partial charge in [-0.05, 0) is 29.8 Å². The first kappa shape index (κ1) is 21.0. The molecule has 5 nitrogen and oxygen atoms in total. The van der Waals surface area contributed by atoms with Crippen LogP contribution in [0.3, 0.4) is 0 Å². The normalized spacial score (nSPS) is 11.5.